The summed E-state index contributed by atoms with van der Waals surface area (Å²) in [6, 6.07) is 0. The summed E-state index contributed by atoms with van der Waals surface area (Å²) in [6.45, 7) is 2.25. The molecule has 2 nitrogen and oxygen atoms in total. The molecule has 1 radical (unpaired) electrons. The molecule has 19 heavy (non-hydrogen) atoms. The minimum atomic E-state index is -1.13. The monoisotopic (exact) mass is 289 g/mol. The predicted molar refractivity (Wildman–Crippen MR) is 81.0 cm³/mol. The van der Waals surface area contributed by atoms with Crippen molar-refractivity contribution in [2.45, 2.75) is 95.8 Å². The molecule has 0 rings (SSSR count). The summed E-state index contributed by atoms with van der Waals surface area (Å²) in [7, 11) is 0. The summed E-state index contributed by atoms with van der Waals surface area (Å²) >= 11 is 5.59. The van der Waals surface area contributed by atoms with Crippen molar-refractivity contribution in [2.24, 2.45) is 0 Å². The topological polar surface area (TPSA) is 37.0 Å². The molecule has 0 aromatic carbocycles. The van der Waals surface area contributed by atoms with E-state index in [2.05, 4.69) is 6.92 Å². The highest BCUT2D eigenvalue weighted by atomic mass is 35.5. The molecule has 1 unspecified atom stereocenters. The SMILES string of the molecule is CCCCCCCCCCCCCCC(Cl)C([O])=O. The Labute approximate surface area is 123 Å². The third-order valence-corrected chi connectivity index (χ3v) is 3.96. The Hall–Kier alpha value is -0.240. The number of carbonyl (C=O) groups is 1. The van der Waals surface area contributed by atoms with Gasteiger partial charge in [-0.15, -0.1) is 11.6 Å². The van der Waals surface area contributed by atoms with E-state index < -0.39 is 11.3 Å². The lowest BCUT2D eigenvalue weighted by atomic mass is 10.0. The van der Waals surface area contributed by atoms with Gasteiger partial charge in [-0.25, -0.2) is 9.90 Å². The van der Waals surface area contributed by atoms with E-state index in [1.807, 2.05) is 0 Å². The maximum Gasteiger partial charge on any atom is 0.373 e. The zero-order valence-electron chi connectivity index (χ0n) is 12.5. The molecule has 113 valence electrons. The maximum absolute atomic E-state index is 10.4. The van der Waals surface area contributed by atoms with Crippen LogP contribution < -0.4 is 0 Å². The lowest BCUT2D eigenvalue weighted by Gasteiger charge is -2.04. The summed E-state index contributed by atoms with van der Waals surface area (Å²) in [4.78, 5) is 10.4. The van der Waals surface area contributed by atoms with Crippen LogP contribution in [0.1, 0.15) is 90.4 Å². The summed E-state index contributed by atoms with van der Waals surface area (Å²) in [6.07, 6.45) is 15.9. The molecule has 0 aliphatic carbocycles. The van der Waals surface area contributed by atoms with Gasteiger partial charge in [-0.1, -0.05) is 84.0 Å². The number of hydrogen-bond acceptors (Lipinski definition) is 1. The predicted octanol–water partition coefficient (Wildman–Crippen LogP) is 5.64. The molecule has 1 atom stereocenters. The van der Waals surface area contributed by atoms with Crippen LogP contribution in [0, 0.1) is 0 Å². The molecule has 0 heterocycles. The largest absolute Gasteiger partial charge is 0.373 e. The molecule has 0 aliphatic heterocycles. The van der Waals surface area contributed by atoms with E-state index in [1.165, 1.54) is 64.2 Å². The third-order valence-electron chi connectivity index (χ3n) is 3.57. The van der Waals surface area contributed by atoms with Crippen LogP contribution in [-0.4, -0.2) is 11.3 Å². The van der Waals surface area contributed by atoms with E-state index in [4.69, 9.17) is 11.6 Å². The molecule has 0 fully saturated rings. The number of carbonyl (C=O) groups excluding carboxylic acids is 1. The van der Waals surface area contributed by atoms with Crippen LogP contribution in [0.15, 0.2) is 0 Å². The highest BCUT2D eigenvalue weighted by molar-refractivity contribution is 6.29. The van der Waals surface area contributed by atoms with Crippen molar-refractivity contribution in [2.75, 3.05) is 0 Å². The Balaban J connectivity index is 3.05. The maximum atomic E-state index is 10.4. The number of halogens is 1. The summed E-state index contributed by atoms with van der Waals surface area (Å²) < 4.78 is 0. The highest BCUT2D eigenvalue weighted by Gasteiger charge is 2.14. The van der Waals surface area contributed by atoms with Crippen LogP contribution in [0.3, 0.4) is 0 Å². The Kier molecular flexibility index (Phi) is 14.0. The molecule has 0 N–H and O–H groups in total. The van der Waals surface area contributed by atoms with Gasteiger partial charge in [-0.3, -0.25) is 0 Å². The van der Waals surface area contributed by atoms with Crippen molar-refractivity contribution in [3.8, 4) is 0 Å². The van der Waals surface area contributed by atoms with Gasteiger partial charge in [-0.05, 0) is 6.42 Å². The summed E-state index contributed by atoms with van der Waals surface area (Å²) in [5, 5.41) is 9.59. The first-order valence-electron chi connectivity index (χ1n) is 8.03. The van der Waals surface area contributed by atoms with Gasteiger partial charge >= 0.3 is 5.97 Å². The van der Waals surface area contributed by atoms with Gasteiger partial charge in [0.2, 0.25) is 0 Å². The van der Waals surface area contributed by atoms with E-state index in [0.29, 0.717) is 6.42 Å². The van der Waals surface area contributed by atoms with E-state index in [9.17, 15) is 9.90 Å². The molecule has 0 saturated carbocycles. The van der Waals surface area contributed by atoms with Crippen molar-refractivity contribution >= 4 is 17.6 Å². The quantitative estimate of drug-likeness (QED) is 0.301. The van der Waals surface area contributed by atoms with Crippen LogP contribution in [0.25, 0.3) is 0 Å². The Morgan fingerprint density at radius 3 is 1.53 bits per heavy atom. The van der Waals surface area contributed by atoms with Crippen molar-refractivity contribution in [1.29, 1.82) is 0 Å². The van der Waals surface area contributed by atoms with Crippen molar-refractivity contribution in [3.63, 3.8) is 0 Å². The fourth-order valence-electron chi connectivity index (χ4n) is 2.28. The lowest BCUT2D eigenvalue weighted by Crippen LogP contribution is -2.11. The van der Waals surface area contributed by atoms with Crippen LogP contribution in [-0.2, 0) is 9.90 Å². The number of unbranched alkanes of at least 4 members (excludes halogenated alkanes) is 11. The third kappa shape index (κ3) is 14.0. The molecular weight excluding hydrogens is 260 g/mol. The fraction of sp³-hybridized carbons (Fsp3) is 0.938. The number of rotatable bonds is 14. The molecule has 3 heteroatoms. The van der Waals surface area contributed by atoms with Gasteiger partial charge in [0.1, 0.15) is 5.38 Å². The summed E-state index contributed by atoms with van der Waals surface area (Å²) in [5.74, 6) is -1.13. The normalized spacial score (nSPS) is 12.5. The van der Waals surface area contributed by atoms with Gasteiger partial charge in [-0.2, -0.15) is 0 Å². The smallest absolute Gasteiger partial charge is 0.246 e. The molecule has 0 bridgehead atoms. The van der Waals surface area contributed by atoms with E-state index in [0.717, 1.165) is 12.8 Å². The molecule has 0 aliphatic rings. The van der Waals surface area contributed by atoms with E-state index >= 15 is 0 Å². The van der Waals surface area contributed by atoms with Crippen molar-refractivity contribution in [3.05, 3.63) is 0 Å². The second kappa shape index (κ2) is 14.2. The number of hydrogen-bond donors (Lipinski definition) is 0. The zero-order chi connectivity index (χ0) is 14.3. The standard InChI is InChI=1S/C16H30ClO2/c1-2-3-4-5-6-7-8-9-10-11-12-13-14-15(17)16(18)19/h15H,2-14H2,1H3. The highest BCUT2D eigenvalue weighted by Crippen LogP contribution is 2.14. The minimum Gasteiger partial charge on any atom is -0.246 e. The van der Waals surface area contributed by atoms with Crippen LogP contribution >= 0.6 is 11.6 Å². The van der Waals surface area contributed by atoms with Crippen LogP contribution in [0.5, 0.6) is 0 Å². The fourth-order valence-corrected chi connectivity index (χ4v) is 2.44. The van der Waals surface area contributed by atoms with Gasteiger partial charge in [0.25, 0.3) is 0 Å². The molecule has 0 aromatic heterocycles. The second-order valence-corrected chi connectivity index (χ2v) is 5.99. The Bertz CT molecular complexity index is 207. The van der Waals surface area contributed by atoms with Crippen LogP contribution in [0.2, 0.25) is 0 Å². The van der Waals surface area contributed by atoms with Crippen molar-refractivity contribution in [1.82, 2.24) is 0 Å². The first kappa shape index (κ1) is 18.8. The van der Waals surface area contributed by atoms with Gasteiger partial charge in [0.05, 0.1) is 0 Å². The van der Waals surface area contributed by atoms with Crippen LogP contribution in [0.4, 0.5) is 0 Å². The van der Waals surface area contributed by atoms with E-state index in [-0.39, 0.29) is 0 Å². The molecule has 0 saturated heterocycles. The average molecular weight is 290 g/mol. The lowest BCUT2D eigenvalue weighted by molar-refractivity contribution is -0.142. The average Bonchev–Trinajstić information content (AvgIpc) is 2.39. The molecule has 0 amide bonds. The molecule has 0 spiro atoms. The summed E-state index contributed by atoms with van der Waals surface area (Å²) in [5.41, 5.74) is 0. The molecule has 0 aromatic rings. The van der Waals surface area contributed by atoms with Gasteiger partial charge in [0, 0.05) is 0 Å². The van der Waals surface area contributed by atoms with Gasteiger partial charge in [0.15, 0.2) is 0 Å². The van der Waals surface area contributed by atoms with Crippen molar-refractivity contribution < 1.29 is 9.90 Å². The Morgan fingerprint density at radius 2 is 1.16 bits per heavy atom. The number of alkyl halides is 1. The first-order valence-corrected chi connectivity index (χ1v) is 8.47. The van der Waals surface area contributed by atoms with Gasteiger partial charge < -0.3 is 0 Å². The minimum absolute atomic E-state index is 0.543. The zero-order valence-corrected chi connectivity index (χ0v) is 13.2. The first-order chi connectivity index (χ1) is 9.18. The Morgan fingerprint density at radius 1 is 0.789 bits per heavy atom. The molecular formula is C16H30ClO2. The van der Waals surface area contributed by atoms with E-state index in [1.54, 1.807) is 0 Å². The second-order valence-electron chi connectivity index (χ2n) is 5.46.